The lowest BCUT2D eigenvalue weighted by Gasteiger charge is -2.29. The number of carboxylic acids is 1. The quantitative estimate of drug-likeness (QED) is 0.830. The van der Waals surface area contributed by atoms with Crippen LogP contribution in [0.3, 0.4) is 0 Å². The van der Waals surface area contributed by atoms with Gasteiger partial charge in [0, 0.05) is 13.1 Å². The summed E-state index contributed by atoms with van der Waals surface area (Å²) >= 11 is 2.78. The maximum atomic E-state index is 11.9. The Labute approximate surface area is 112 Å². The lowest BCUT2D eigenvalue weighted by atomic mass is 9.97. The molecule has 1 saturated heterocycles. The Kier molecular flexibility index (Phi) is 4.54. The molecular weight excluding hydrogens is 274 g/mol. The molecule has 0 radical (unpaired) electrons. The van der Waals surface area contributed by atoms with Gasteiger partial charge in [0.25, 0.3) is 0 Å². The van der Waals surface area contributed by atoms with E-state index in [-0.39, 0.29) is 11.8 Å². The molecule has 0 saturated carbocycles. The largest absolute Gasteiger partial charge is 0.481 e. The molecular formula is C10H13N3O3S2. The van der Waals surface area contributed by atoms with Crippen molar-refractivity contribution in [2.75, 3.05) is 18.8 Å². The SMILES string of the molecule is O=C(O)C1CCN(C(=O)CSc2nncs2)CC1. The summed E-state index contributed by atoms with van der Waals surface area (Å²) in [4.78, 5) is 24.4. The van der Waals surface area contributed by atoms with Gasteiger partial charge in [-0.2, -0.15) is 0 Å². The van der Waals surface area contributed by atoms with E-state index >= 15 is 0 Å². The third kappa shape index (κ3) is 3.42. The van der Waals surface area contributed by atoms with Crippen molar-refractivity contribution in [1.82, 2.24) is 15.1 Å². The van der Waals surface area contributed by atoms with Crippen LogP contribution >= 0.6 is 23.1 Å². The predicted molar refractivity (Wildman–Crippen MR) is 67.6 cm³/mol. The first-order valence-electron chi connectivity index (χ1n) is 5.56. The first-order valence-corrected chi connectivity index (χ1v) is 7.43. The minimum atomic E-state index is -0.759. The summed E-state index contributed by atoms with van der Waals surface area (Å²) in [5, 5.41) is 16.4. The van der Waals surface area contributed by atoms with Crippen LogP contribution in [0.25, 0.3) is 0 Å². The van der Waals surface area contributed by atoms with Crippen LogP contribution in [-0.2, 0) is 9.59 Å². The number of carboxylic acid groups (broad SMARTS) is 1. The van der Waals surface area contributed by atoms with Crippen molar-refractivity contribution in [2.45, 2.75) is 17.2 Å². The standard InChI is InChI=1S/C10H13N3O3S2/c14-8(5-17-10-12-11-6-18-10)13-3-1-7(2-4-13)9(15)16/h6-7H,1-5H2,(H,15,16). The number of thioether (sulfide) groups is 1. The lowest BCUT2D eigenvalue weighted by molar-refractivity contribution is -0.145. The molecule has 18 heavy (non-hydrogen) atoms. The van der Waals surface area contributed by atoms with E-state index in [0.717, 1.165) is 4.34 Å². The molecule has 0 unspecified atom stereocenters. The van der Waals surface area contributed by atoms with Gasteiger partial charge in [-0.25, -0.2) is 0 Å². The second-order valence-electron chi connectivity index (χ2n) is 3.99. The van der Waals surface area contributed by atoms with Crippen molar-refractivity contribution in [1.29, 1.82) is 0 Å². The van der Waals surface area contributed by atoms with E-state index < -0.39 is 5.97 Å². The fourth-order valence-corrected chi connectivity index (χ4v) is 3.21. The number of hydrogen-bond donors (Lipinski definition) is 1. The fraction of sp³-hybridized carbons (Fsp3) is 0.600. The van der Waals surface area contributed by atoms with Crippen LogP contribution in [0.15, 0.2) is 9.85 Å². The maximum Gasteiger partial charge on any atom is 0.306 e. The molecule has 1 fully saturated rings. The Morgan fingerprint density at radius 2 is 2.22 bits per heavy atom. The summed E-state index contributed by atoms with van der Waals surface area (Å²) in [5.74, 6) is -0.679. The maximum absolute atomic E-state index is 11.9. The zero-order chi connectivity index (χ0) is 13.0. The molecule has 1 aliphatic heterocycles. The number of carbonyl (C=O) groups excluding carboxylic acids is 1. The highest BCUT2D eigenvalue weighted by atomic mass is 32.2. The van der Waals surface area contributed by atoms with Crippen LogP contribution < -0.4 is 0 Å². The summed E-state index contributed by atoms with van der Waals surface area (Å²) in [7, 11) is 0. The van der Waals surface area contributed by atoms with Crippen LogP contribution in [0.4, 0.5) is 0 Å². The molecule has 2 rings (SSSR count). The Morgan fingerprint density at radius 1 is 1.50 bits per heavy atom. The van der Waals surface area contributed by atoms with Gasteiger partial charge >= 0.3 is 5.97 Å². The molecule has 1 amide bonds. The topological polar surface area (TPSA) is 83.4 Å². The highest BCUT2D eigenvalue weighted by molar-refractivity contribution is 8.01. The highest BCUT2D eigenvalue weighted by Gasteiger charge is 2.26. The summed E-state index contributed by atoms with van der Waals surface area (Å²) in [6, 6.07) is 0. The third-order valence-electron chi connectivity index (χ3n) is 2.86. The van der Waals surface area contributed by atoms with Gasteiger partial charge in [-0.3, -0.25) is 9.59 Å². The first-order chi connectivity index (χ1) is 8.66. The number of likely N-dealkylation sites (tertiary alicyclic amines) is 1. The number of piperidine rings is 1. The van der Waals surface area contributed by atoms with Crippen molar-refractivity contribution in [2.24, 2.45) is 5.92 Å². The van der Waals surface area contributed by atoms with E-state index in [4.69, 9.17) is 5.11 Å². The Hall–Kier alpha value is -1.15. The number of aliphatic carboxylic acids is 1. The van der Waals surface area contributed by atoms with Crippen molar-refractivity contribution >= 4 is 35.0 Å². The van der Waals surface area contributed by atoms with E-state index in [9.17, 15) is 9.59 Å². The van der Waals surface area contributed by atoms with Crippen LogP contribution in [0.5, 0.6) is 0 Å². The summed E-state index contributed by atoms with van der Waals surface area (Å²) in [6.45, 7) is 1.07. The molecule has 0 aliphatic carbocycles. The van der Waals surface area contributed by atoms with Crippen molar-refractivity contribution in [3.63, 3.8) is 0 Å². The van der Waals surface area contributed by atoms with Gasteiger partial charge in [0.15, 0.2) is 4.34 Å². The lowest BCUT2D eigenvalue weighted by Crippen LogP contribution is -2.41. The number of rotatable bonds is 4. The van der Waals surface area contributed by atoms with Gasteiger partial charge < -0.3 is 10.0 Å². The average Bonchev–Trinajstić information content (AvgIpc) is 2.89. The van der Waals surface area contributed by atoms with Gasteiger partial charge in [0.2, 0.25) is 5.91 Å². The Bertz CT molecular complexity index is 416. The van der Waals surface area contributed by atoms with E-state index in [1.807, 2.05) is 0 Å². The summed E-state index contributed by atoms with van der Waals surface area (Å²) in [5.41, 5.74) is 1.63. The Balaban J connectivity index is 1.75. The van der Waals surface area contributed by atoms with Gasteiger partial charge in [-0.05, 0) is 12.8 Å². The molecule has 0 aromatic carbocycles. The second-order valence-corrected chi connectivity index (χ2v) is 6.04. The molecule has 1 aromatic rings. The van der Waals surface area contributed by atoms with Crippen LogP contribution in [0.1, 0.15) is 12.8 Å². The molecule has 6 nitrogen and oxygen atoms in total. The van der Waals surface area contributed by atoms with Crippen LogP contribution in [0, 0.1) is 5.92 Å². The molecule has 0 bridgehead atoms. The number of hydrogen-bond acceptors (Lipinski definition) is 6. The van der Waals surface area contributed by atoms with Crippen LogP contribution in [0.2, 0.25) is 0 Å². The normalized spacial score (nSPS) is 16.8. The van der Waals surface area contributed by atoms with E-state index in [0.29, 0.717) is 31.7 Å². The first kappa shape index (κ1) is 13.3. The second kappa shape index (κ2) is 6.14. The van der Waals surface area contributed by atoms with E-state index in [1.54, 1.807) is 10.4 Å². The Morgan fingerprint density at radius 3 is 2.78 bits per heavy atom. The molecule has 2 heterocycles. The van der Waals surface area contributed by atoms with Gasteiger partial charge in [0.1, 0.15) is 5.51 Å². The zero-order valence-corrected chi connectivity index (χ0v) is 11.2. The molecule has 1 N–H and O–H groups in total. The van der Waals surface area contributed by atoms with Crippen molar-refractivity contribution in [3.8, 4) is 0 Å². The van der Waals surface area contributed by atoms with E-state index in [2.05, 4.69) is 10.2 Å². The average molecular weight is 287 g/mol. The van der Waals surface area contributed by atoms with Crippen LogP contribution in [-0.4, -0.2) is 50.9 Å². The number of nitrogens with zero attached hydrogens (tertiary/aromatic N) is 3. The molecule has 1 aliphatic rings. The zero-order valence-electron chi connectivity index (χ0n) is 9.61. The minimum absolute atomic E-state index is 0.0408. The van der Waals surface area contributed by atoms with Crippen molar-refractivity contribution in [3.05, 3.63) is 5.51 Å². The summed E-state index contributed by atoms with van der Waals surface area (Å²) in [6.07, 6.45) is 1.09. The van der Waals surface area contributed by atoms with Gasteiger partial charge in [0.05, 0.1) is 11.7 Å². The monoisotopic (exact) mass is 287 g/mol. The molecule has 0 spiro atoms. The van der Waals surface area contributed by atoms with Gasteiger partial charge in [-0.1, -0.05) is 23.1 Å². The number of aromatic nitrogens is 2. The summed E-state index contributed by atoms with van der Waals surface area (Å²) < 4.78 is 0.781. The predicted octanol–water partition coefficient (Wildman–Crippen LogP) is 0.953. The van der Waals surface area contributed by atoms with Gasteiger partial charge in [-0.15, -0.1) is 10.2 Å². The fourth-order valence-electron chi connectivity index (χ4n) is 1.82. The minimum Gasteiger partial charge on any atom is -0.481 e. The molecule has 98 valence electrons. The number of amides is 1. The number of carbonyl (C=O) groups is 2. The molecule has 1 aromatic heterocycles. The molecule has 8 heteroatoms. The van der Waals surface area contributed by atoms with E-state index in [1.165, 1.54) is 23.1 Å². The molecule has 0 atom stereocenters. The van der Waals surface area contributed by atoms with Crippen molar-refractivity contribution < 1.29 is 14.7 Å². The third-order valence-corrected chi connectivity index (χ3v) is 4.70. The highest BCUT2D eigenvalue weighted by Crippen LogP contribution is 2.21. The smallest absolute Gasteiger partial charge is 0.306 e.